The quantitative estimate of drug-likeness (QED) is 0.441. The maximum atomic E-state index is 10.5. The Morgan fingerprint density at radius 1 is 1.75 bits per heavy atom. The molecule has 0 N–H and O–H groups in total. The maximum absolute atomic E-state index is 10.5. The van der Waals surface area contributed by atoms with Gasteiger partial charge in [0.1, 0.15) is 0 Å². The lowest BCUT2D eigenvalue weighted by Gasteiger charge is -2.17. The lowest BCUT2D eigenvalue weighted by Crippen LogP contribution is -2.19. The number of rotatable bonds is 0. The SMILES string of the molecule is C[C@H]1CCCC(=O)O1. The third-order valence-electron chi connectivity index (χ3n) is 1.32. The Labute approximate surface area is 48.8 Å². The first-order chi connectivity index (χ1) is 3.79. The molecule has 0 bridgehead atoms. The minimum absolute atomic E-state index is 0.0382. The molecular weight excluding hydrogens is 104 g/mol. The van der Waals surface area contributed by atoms with Crippen LogP contribution in [0.5, 0.6) is 0 Å². The maximum Gasteiger partial charge on any atom is 0.306 e. The molecule has 0 saturated carbocycles. The van der Waals surface area contributed by atoms with E-state index in [0.29, 0.717) is 6.42 Å². The molecule has 46 valence electrons. The predicted molar refractivity (Wildman–Crippen MR) is 29.4 cm³/mol. The molecule has 1 aliphatic heterocycles. The molecule has 0 radical (unpaired) electrons. The average molecular weight is 114 g/mol. The van der Waals surface area contributed by atoms with Crippen LogP contribution in [0.15, 0.2) is 0 Å². The monoisotopic (exact) mass is 114 g/mol. The van der Waals surface area contributed by atoms with E-state index in [1.54, 1.807) is 0 Å². The van der Waals surface area contributed by atoms with Gasteiger partial charge in [0.15, 0.2) is 0 Å². The topological polar surface area (TPSA) is 26.3 Å². The van der Waals surface area contributed by atoms with E-state index in [-0.39, 0.29) is 12.1 Å². The van der Waals surface area contributed by atoms with Crippen LogP contribution in [0.3, 0.4) is 0 Å². The highest BCUT2D eigenvalue weighted by Crippen LogP contribution is 2.12. The van der Waals surface area contributed by atoms with Crippen LogP contribution in [0.25, 0.3) is 0 Å². The summed E-state index contributed by atoms with van der Waals surface area (Å²) in [5, 5.41) is 0. The molecule has 1 atom stereocenters. The van der Waals surface area contributed by atoms with Crippen LogP contribution in [0, 0.1) is 0 Å². The molecule has 1 heterocycles. The van der Waals surface area contributed by atoms with Crippen molar-refractivity contribution in [3.8, 4) is 0 Å². The summed E-state index contributed by atoms with van der Waals surface area (Å²) in [5.74, 6) is -0.0382. The summed E-state index contributed by atoms with van der Waals surface area (Å²) in [6, 6.07) is 0. The summed E-state index contributed by atoms with van der Waals surface area (Å²) in [7, 11) is 0. The zero-order chi connectivity index (χ0) is 5.98. The van der Waals surface area contributed by atoms with Crippen molar-refractivity contribution >= 4 is 5.97 Å². The fraction of sp³-hybridized carbons (Fsp3) is 0.833. The number of hydrogen-bond donors (Lipinski definition) is 0. The molecule has 1 aliphatic rings. The van der Waals surface area contributed by atoms with Gasteiger partial charge in [-0.05, 0) is 19.8 Å². The van der Waals surface area contributed by atoms with Crippen molar-refractivity contribution in [3.63, 3.8) is 0 Å². The first-order valence-corrected chi connectivity index (χ1v) is 2.98. The normalized spacial score (nSPS) is 29.6. The smallest absolute Gasteiger partial charge is 0.306 e. The molecular formula is C6H10O2. The Balaban J connectivity index is 2.34. The molecule has 0 aliphatic carbocycles. The van der Waals surface area contributed by atoms with Crippen molar-refractivity contribution < 1.29 is 9.53 Å². The van der Waals surface area contributed by atoms with Crippen LogP contribution in [0.1, 0.15) is 26.2 Å². The number of carbonyl (C=O) groups excluding carboxylic acids is 1. The van der Waals surface area contributed by atoms with E-state index in [1.165, 1.54) is 0 Å². The van der Waals surface area contributed by atoms with Crippen molar-refractivity contribution in [3.05, 3.63) is 0 Å². The van der Waals surface area contributed by atoms with Crippen molar-refractivity contribution in [2.75, 3.05) is 0 Å². The highest BCUT2D eigenvalue weighted by Gasteiger charge is 2.14. The van der Waals surface area contributed by atoms with Gasteiger partial charge in [0.2, 0.25) is 0 Å². The molecule has 0 unspecified atom stereocenters. The number of esters is 1. The van der Waals surface area contributed by atoms with Gasteiger partial charge < -0.3 is 4.74 Å². The number of carbonyl (C=O) groups is 1. The highest BCUT2D eigenvalue weighted by molar-refractivity contribution is 5.70. The second kappa shape index (κ2) is 2.16. The zero-order valence-corrected chi connectivity index (χ0v) is 5.02. The van der Waals surface area contributed by atoms with Crippen molar-refractivity contribution in [1.82, 2.24) is 0 Å². The van der Waals surface area contributed by atoms with Crippen LogP contribution < -0.4 is 0 Å². The third-order valence-corrected chi connectivity index (χ3v) is 1.32. The van der Waals surface area contributed by atoms with E-state index in [0.717, 1.165) is 12.8 Å². The molecule has 0 aromatic heterocycles. The van der Waals surface area contributed by atoms with E-state index in [4.69, 9.17) is 4.74 Å². The molecule has 0 spiro atoms. The van der Waals surface area contributed by atoms with Crippen molar-refractivity contribution in [2.24, 2.45) is 0 Å². The molecule has 0 aromatic carbocycles. The van der Waals surface area contributed by atoms with Gasteiger partial charge in [0, 0.05) is 6.42 Å². The Morgan fingerprint density at radius 2 is 2.50 bits per heavy atom. The molecule has 2 nitrogen and oxygen atoms in total. The molecule has 0 aromatic rings. The van der Waals surface area contributed by atoms with Crippen LogP contribution >= 0.6 is 0 Å². The van der Waals surface area contributed by atoms with Crippen LogP contribution in [-0.4, -0.2) is 12.1 Å². The van der Waals surface area contributed by atoms with E-state index in [9.17, 15) is 4.79 Å². The Morgan fingerprint density at radius 3 is 2.88 bits per heavy atom. The second-order valence-corrected chi connectivity index (χ2v) is 2.19. The van der Waals surface area contributed by atoms with Crippen molar-refractivity contribution in [1.29, 1.82) is 0 Å². The molecule has 0 amide bonds. The highest BCUT2D eigenvalue weighted by atomic mass is 16.5. The fourth-order valence-corrected chi connectivity index (χ4v) is 0.876. The minimum atomic E-state index is -0.0382. The summed E-state index contributed by atoms with van der Waals surface area (Å²) >= 11 is 0. The van der Waals surface area contributed by atoms with E-state index in [2.05, 4.69) is 0 Å². The van der Waals surface area contributed by atoms with Gasteiger partial charge in [-0.3, -0.25) is 4.79 Å². The van der Waals surface area contributed by atoms with Crippen molar-refractivity contribution in [2.45, 2.75) is 32.3 Å². The first-order valence-electron chi connectivity index (χ1n) is 2.98. The second-order valence-electron chi connectivity index (χ2n) is 2.19. The zero-order valence-electron chi connectivity index (χ0n) is 5.02. The molecule has 1 rings (SSSR count). The van der Waals surface area contributed by atoms with Gasteiger partial charge in [-0.1, -0.05) is 0 Å². The lowest BCUT2D eigenvalue weighted by atomic mass is 10.1. The number of hydrogen-bond acceptors (Lipinski definition) is 2. The van der Waals surface area contributed by atoms with Gasteiger partial charge >= 0.3 is 5.97 Å². The van der Waals surface area contributed by atoms with Gasteiger partial charge in [-0.25, -0.2) is 0 Å². The minimum Gasteiger partial charge on any atom is -0.463 e. The first kappa shape index (κ1) is 5.60. The van der Waals surface area contributed by atoms with E-state index < -0.39 is 0 Å². The Bertz CT molecular complexity index is 98.7. The Kier molecular flexibility index (Phi) is 1.51. The summed E-state index contributed by atoms with van der Waals surface area (Å²) in [6.45, 7) is 1.93. The van der Waals surface area contributed by atoms with E-state index in [1.807, 2.05) is 6.92 Å². The predicted octanol–water partition coefficient (Wildman–Crippen LogP) is 1.10. The van der Waals surface area contributed by atoms with Gasteiger partial charge in [-0.15, -0.1) is 0 Å². The van der Waals surface area contributed by atoms with Gasteiger partial charge in [-0.2, -0.15) is 0 Å². The Hall–Kier alpha value is -0.530. The molecule has 8 heavy (non-hydrogen) atoms. The van der Waals surface area contributed by atoms with Crippen LogP contribution in [0.4, 0.5) is 0 Å². The fourth-order valence-electron chi connectivity index (χ4n) is 0.876. The average Bonchev–Trinajstić information content (AvgIpc) is 1.64. The van der Waals surface area contributed by atoms with Crippen LogP contribution in [0.2, 0.25) is 0 Å². The largest absolute Gasteiger partial charge is 0.463 e. The molecule has 1 saturated heterocycles. The van der Waals surface area contributed by atoms with E-state index >= 15 is 0 Å². The summed E-state index contributed by atoms with van der Waals surface area (Å²) in [6.07, 6.45) is 2.81. The van der Waals surface area contributed by atoms with Gasteiger partial charge in [0.05, 0.1) is 6.10 Å². The third kappa shape index (κ3) is 1.22. The summed E-state index contributed by atoms with van der Waals surface area (Å²) in [5.41, 5.74) is 0. The van der Waals surface area contributed by atoms with Gasteiger partial charge in [0.25, 0.3) is 0 Å². The summed E-state index contributed by atoms with van der Waals surface area (Å²) in [4.78, 5) is 10.5. The number of ether oxygens (including phenoxy) is 1. The standard InChI is InChI=1S/C6H10O2/c1-5-3-2-4-6(7)8-5/h5H,2-4H2,1H3/t5-/m0/s1. The molecule has 2 heteroatoms. The lowest BCUT2D eigenvalue weighted by molar-refractivity contribution is -0.152. The molecule has 1 fully saturated rings. The number of cyclic esters (lactones) is 1. The summed E-state index contributed by atoms with van der Waals surface area (Å²) < 4.78 is 4.85. The van der Waals surface area contributed by atoms with Crippen LogP contribution in [-0.2, 0) is 9.53 Å².